The van der Waals surface area contributed by atoms with Crippen molar-refractivity contribution in [3.8, 4) is 0 Å². The van der Waals surface area contributed by atoms with Gasteiger partial charge in [-0.3, -0.25) is 4.90 Å². The quantitative estimate of drug-likeness (QED) is 0.622. The zero-order chi connectivity index (χ0) is 7.56. The van der Waals surface area contributed by atoms with Crippen molar-refractivity contribution in [3.63, 3.8) is 0 Å². The summed E-state index contributed by atoms with van der Waals surface area (Å²) in [6, 6.07) is 0.105. The van der Waals surface area contributed by atoms with Crippen LogP contribution >= 0.6 is 0 Å². The van der Waals surface area contributed by atoms with Crippen LogP contribution in [0.5, 0.6) is 0 Å². The zero-order valence-corrected chi connectivity index (χ0v) is 9.88. The third kappa shape index (κ3) is 3.22. The molecule has 0 aromatic rings. The maximum absolute atomic E-state index is 10.9. The number of hydrogen-bond acceptors (Lipinski definition) is 2. The van der Waals surface area contributed by atoms with Gasteiger partial charge in [-0.1, -0.05) is 6.42 Å². The van der Waals surface area contributed by atoms with Crippen molar-refractivity contribution in [1.29, 1.82) is 0 Å². The van der Waals surface area contributed by atoms with Gasteiger partial charge in [0.05, 0.1) is 0 Å². The minimum atomic E-state index is 0. The second-order valence-electron chi connectivity index (χ2n) is 2.96. The summed E-state index contributed by atoms with van der Waals surface area (Å²) in [4.78, 5) is 13.0. The van der Waals surface area contributed by atoms with Crippen LogP contribution in [0, 0.1) is 6.92 Å². The predicted molar refractivity (Wildman–Crippen MR) is 40.6 cm³/mol. The Kier molecular flexibility index (Phi) is 5.58. The van der Waals surface area contributed by atoms with Gasteiger partial charge in [0.2, 0.25) is 0 Å². The number of piperidine rings is 1. The topological polar surface area (TPSA) is 20.3 Å². The maximum Gasteiger partial charge on any atom is 0.0392 e. The summed E-state index contributed by atoms with van der Waals surface area (Å²) in [6.07, 6.45) is 3.40. The summed E-state index contributed by atoms with van der Waals surface area (Å²) < 4.78 is 0. The fourth-order valence-corrected chi connectivity index (χ4v) is 1.48. The number of ketones is 1. The second-order valence-corrected chi connectivity index (χ2v) is 2.96. The minimum absolute atomic E-state index is 0. The Bertz CT molecular complexity index is 138. The van der Waals surface area contributed by atoms with Crippen molar-refractivity contribution in [2.24, 2.45) is 0 Å². The predicted octanol–water partition coefficient (Wildman–Crippen LogP) is 0.871. The fourth-order valence-electron chi connectivity index (χ4n) is 1.48. The number of likely N-dealkylation sites (tertiary alicyclic amines) is 1. The molecule has 1 unspecified atom stereocenters. The first kappa shape index (κ1) is 11.6. The van der Waals surface area contributed by atoms with Gasteiger partial charge in [0.25, 0.3) is 0 Å². The fraction of sp³-hybridized carbons (Fsp3) is 0.750. The molecule has 3 heteroatoms. The van der Waals surface area contributed by atoms with Gasteiger partial charge in [0.15, 0.2) is 0 Å². The molecule has 1 aliphatic rings. The van der Waals surface area contributed by atoms with E-state index in [1.165, 1.54) is 12.8 Å². The molecule has 1 rings (SSSR count). The standard InChI is InChI=1S/C8H14NO.Y/c1-7(10)8-5-3-4-6-9(8)2;/h8H,1,3-6H2,2H3;/q-1;. The largest absolute Gasteiger partial charge is 0.338 e. The number of carbonyl (C=O) groups excluding carboxylic acids is 1. The average molecular weight is 229 g/mol. The van der Waals surface area contributed by atoms with E-state index in [9.17, 15) is 4.79 Å². The van der Waals surface area contributed by atoms with Gasteiger partial charge in [-0.25, -0.2) is 0 Å². The van der Waals surface area contributed by atoms with Gasteiger partial charge in [-0.05, 0) is 26.4 Å². The number of Topliss-reactive ketones (excluding diaryl/α,β-unsaturated/α-hetero) is 1. The number of likely N-dealkylation sites (N-methyl/N-ethyl adjacent to an activating group) is 1. The van der Waals surface area contributed by atoms with Crippen molar-refractivity contribution >= 4 is 5.78 Å². The van der Waals surface area contributed by atoms with E-state index < -0.39 is 0 Å². The maximum atomic E-state index is 10.9. The average Bonchev–Trinajstić information content (AvgIpc) is 1.88. The molecule has 1 aliphatic heterocycles. The van der Waals surface area contributed by atoms with Gasteiger partial charge >= 0.3 is 0 Å². The molecule has 11 heavy (non-hydrogen) atoms. The Hall–Kier alpha value is 0.604. The SMILES string of the molecule is [CH2-]C(=O)C1CCCCN1C.[Y]. The van der Waals surface area contributed by atoms with Crippen molar-refractivity contribution in [2.75, 3.05) is 13.6 Å². The van der Waals surface area contributed by atoms with Crippen LogP contribution in [-0.2, 0) is 37.5 Å². The molecular weight excluding hydrogens is 215 g/mol. The second kappa shape index (κ2) is 5.28. The van der Waals surface area contributed by atoms with Gasteiger partial charge in [0, 0.05) is 44.5 Å². The summed E-state index contributed by atoms with van der Waals surface area (Å²) >= 11 is 0. The van der Waals surface area contributed by atoms with Gasteiger partial charge in [-0.15, -0.1) is 0 Å². The van der Waals surface area contributed by atoms with E-state index in [-0.39, 0.29) is 44.5 Å². The summed E-state index contributed by atoms with van der Waals surface area (Å²) in [5.74, 6) is 0.0715. The molecular formula is C8H14NOY-. The zero-order valence-electron chi connectivity index (χ0n) is 7.05. The van der Waals surface area contributed by atoms with Crippen LogP contribution in [0.3, 0.4) is 0 Å². The van der Waals surface area contributed by atoms with Gasteiger partial charge in [-0.2, -0.15) is 0 Å². The van der Waals surface area contributed by atoms with Crippen LogP contribution in [0.15, 0.2) is 0 Å². The van der Waals surface area contributed by atoms with Crippen molar-refractivity contribution < 1.29 is 37.5 Å². The summed E-state index contributed by atoms with van der Waals surface area (Å²) in [5, 5.41) is 0. The third-order valence-electron chi connectivity index (χ3n) is 2.14. The molecule has 1 fully saturated rings. The Morgan fingerprint density at radius 3 is 2.55 bits per heavy atom. The van der Waals surface area contributed by atoms with E-state index in [1.54, 1.807) is 0 Å². The molecule has 0 saturated carbocycles. The molecule has 0 amide bonds. The number of carbonyl (C=O) groups is 1. The number of nitrogens with zero attached hydrogens (tertiary/aromatic N) is 1. The van der Waals surface area contributed by atoms with E-state index >= 15 is 0 Å². The third-order valence-corrected chi connectivity index (χ3v) is 2.14. The molecule has 0 spiro atoms. The molecule has 0 aromatic heterocycles. The summed E-state index contributed by atoms with van der Waals surface area (Å²) in [5.41, 5.74) is 0. The molecule has 0 bridgehead atoms. The van der Waals surface area contributed by atoms with Crippen LogP contribution < -0.4 is 0 Å². The van der Waals surface area contributed by atoms with Gasteiger partial charge in [0.1, 0.15) is 0 Å². The summed E-state index contributed by atoms with van der Waals surface area (Å²) in [6.45, 7) is 4.48. The van der Waals surface area contributed by atoms with Crippen LogP contribution in [0.1, 0.15) is 19.3 Å². The molecule has 0 aromatic carbocycles. The number of rotatable bonds is 1. The van der Waals surface area contributed by atoms with E-state index in [2.05, 4.69) is 11.8 Å². The van der Waals surface area contributed by atoms with Crippen LogP contribution in [-0.4, -0.2) is 30.3 Å². The number of hydrogen-bond donors (Lipinski definition) is 0. The van der Waals surface area contributed by atoms with Crippen LogP contribution in [0.25, 0.3) is 0 Å². The Labute approximate surface area is 93.6 Å². The van der Waals surface area contributed by atoms with E-state index in [4.69, 9.17) is 0 Å². The first-order valence-corrected chi connectivity index (χ1v) is 3.78. The monoisotopic (exact) mass is 229 g/mol. The first-order valence-electron chi connectivity index (χ1n) is 3.78. The van der Waals surface area contributed by atoms with Crippen LogP contribution in [0.2, 0.25) is 0 Å². The summed E-state index contributed by atoms with van der Waals surface area (Å²) in [7, 11) is 1.99. The Morgan fingerprint density at radius 2 is 2.18 bits per heavy atom. The molecule has 0 N–H and O–H groups in total. The molecule has 1 radical (unpaired) electrons. The van der Waals surface area contributed by atoms with E-state index in [1.807, 2.05) is 7.05 Å². The Morgan fingerprint density at radius 1 is 1.55 bits per heavy atom. The van der Waals surface area contributed by atoms with E-state index in [0.717, 1.165) is 13.0 Å². The molecule has 2 nitrogen and oxygen atoms in total. The van der Waals surface area contributed by atoms with Crippen molar-refractivity contribution in [2.45, 2.75) is 25.3 Å². The van der Waals surface area contributed by atoms with Gasteiger partial charge < -0.3 is 11.7 Å². The molecule has 1 saturated heterocycles. The molecule has 61 valence electrons. The molecule has 1 heterocycles. The van der Waals surface area contributed by atoms with Crippen molar-refractivity contribution in [1.82, 2.24) is 4.90 Å². The van der Waals surface area contributed by atoms with Crippen molar-refractivity contribution in [3.05, 3.63) is 6.92 Å². The van der Waals surface area contributed by atoms with E-state index in [0.29, 0.717) is 0 Å². The smallest absolute Gasteiger partial charge is 0.0392 e. The minimum Gasteiger partial charge on any atom is -0.338 e. The van der Waals surface area contributed by atoms with Crippen LogP contribution in [0.4, 0.5) is 0 Å². The first-order chi connectivity index (χ1) is 4.72. The molecule has 0 aliphatic carbocycles. The Balaban J connectivity index is 0.000001000. The molecule has 1 atom stereocenters. The normalized spacial score (nSPS) is 25.7.